The van der Waals surface area contributed by atoms with Crippen LogP contribution in [0.2, 0.25) is 0 Å². The van der Waals surface area contributed by atoms with Crippen molar-refractivity contribution in [3.05, 3.63) is 23.8 Å². The van der Waals surface area contributed by atoms with Gasteiger partial charge in [0.15, 0.2) is 17.3 Å². The van der Waals surface area contributed by atoms with Crippen LogP contribution in [0.15, 0.2) is 18.2 Å². The molecule has 1 aromatic rings. The molecule has 76 valence electrons. The van der Waals surface area contributed by atoms with Gasteiger partial charge in [-0.15, -0.1) is 0 Å². The number of hydrogen-bond donors (Lipinski definition) is 3. The molecule has 0 saturated heterocycles. The third kappa shape index (κ3) is 2.23. The largest absolute Gasteiger partial charge is 0.504 e. The average Bonchev–Trinajstić information content (AvgIpc) is 2.18. The zero-order valence-corrected chi connectivity index (χ0v) is 7.73. The number of hydrogen-bond acceptors (Lipinski definition) is 4. The second-order valence-corrected chi connectivity index (χ2v) is 2.99. The van der Waals surface area contributed by atoms with E-state index in [1.54, 1.807) is 0 Å². The molecule has 0 aromatic heterocycles. The van der Waals surface area contributed by atoms with Gasteiger partial charge >= 0.3 is 0 Å². The Morgan fingerprint density at radius 1 is 1.36 bits per heavy atom. The maximum Gasteiger partial charge on any atom is 0.168 e. The molecule has 0 aliphatic rings. The van der Waals surface area contributed by atoms with Crippen LogP contribution in [-0.4, -0.2) is 22.5 Å². The topological polar surface area (TPSA) is 83.6 Å². The number of benzene rings is 1. The predicted octanol–water partition coefficient (Wildman–Crippen LogP) is 1.02. The summed E-state index contributed by atoms with van der Waals surface area (Å²) < 4.78 is 0. The Morgan fingerprint density at radius 3 is 2.71 bits per heavy atom. The van der Waals surface area contributed by atoms with E-state index >= 15 is 0 Å². The molecule has 0 spiro atoms. The summed E-state index contributed by atoms with van der Waals surface area (Å²) in [6.07, 6.45) is 0.863. The van der Waals surface area contributed by atoms with Crippen molar-refractivity contribution in [1.82, 2.24) is 0 Å². The Kier molecular flexibility index (Phi) is 3.48. The van der Waals surface area contributed by atoms with Gasteiger partial charge in [-0.3, -0.25) is 4.79 Å². The normalized spacial score (nSPS) is 10.1. The summed E-state index contributed by atoms with van der Waals surface area (Å²) in [5.74, 6) is -0.832. The lowest BCUT2D eigenvalue weighted by Crippen LogP contribution is -2.05. The van der Waals surface area contributed by atoms with E-state index in [9.17, 15) is 9.90 Å². The van der Waals surface area contributed by atoms with Crippen LogP contribution in [0.3, 0.4) is 0 Å². The molecule has 0 radical (unpaired) electrons. The number of Topliss-reactive ketones (excluding diaryl/α,β-unsaturated/α-hetero) is 1. The van der Waals surface area contributed by atoms with Crippen LogP contribution >= 0.6 is 0 Å². The summed E-state index contributed by atoms with van der Waals surface area (Å²) in [5, 5.41) is 18.5. The average molecular weight is 195 g/mol. The highest BCUT2D eigenvalue weighted by molar-refractivity contribution is 5.99. The van der Waals surface area contributed by atoms with Crippen LogP contribution in [0.5, 0.6) is 11.5 Å². The number of nitrogens with two attached hydrogens (primary N) is 1. The van der Waals surface area contributed by atoms with Gasteiger partial charge < -0.3 is 15.9 Å². The summed E-state index contributed by atoms with van der Waals surface area (Å²) in [7, 11) is 0. The van der Waals surface area contributed by atoms with Crippen molar-refractivity contribution in [3.8, 4) is 11.5 Å². The van der Waals surface area contributed by atoms with Gasteiger partial charge in [-0.25, -0.2) is 0 Å². The van der Waals surface area contributed by atoms with Crippen molar-refractivity contribution in [1.29, 1.82) is 0 Å². The Morgan fingerprint density at radius 2 is 2.07 bits per heavy atom. The number of carbonyl (C=O) groups is 1. The maximum absolute atomic E-state index is 11.4. The summed E-state index contributed by atoms with van der Waals surface area (Å²) in [6.45, 7) is 0.436. The van der Waals surface area contributed by atoms with Crippen molar-refractivity contribution in [2.24, 2.45) is 5.73 Å². The minimum Gasteiger partial charge on any atom is -0.504 e. The van der Waals surface area contributed by atoms with E-state index in [4.69, 9.17) is 10.8 Å². The molecular formula is C10H13NO3. The maximum atomic E-state index is 11.4. The Balaban J connectivity index is 2.84. The SMILES string of the molecule is NCCCC(=O)c1cccc(O)c1O. The summed E-state index contributed by atoms with van der Waals surface area (Å²) in [6, 6.07) is 4.33. The molecule has 0 bridgehead atoms. The molecule has 1 aromatic carbocycles. The van der Waals surface area contributed by atoms with Crippen molar-refractivity contribution < 1.29 is 15.0 Å². The quantitative estimate of drug-likeness (QED) is 0.494. The van der Waals surface area contributed by atoms with Gasteiger partial charge in [0.1, 0.15) is 0 Å². The van der Waals surface area contributed by atoms with Gasteiger partial charge in [-0.05, 0) is 25.1 Å². The van der Waals surface area contributed by atoms with Crippen LogP contribution in [0, 0.1) is 0 Å². The molecule has 4 N–H and O–H groups in total. The molecule has 4 nitrogen and oxygen atoms in total. The minimum atomic E-state index is -0.352. The van der Waals surface area contributed by atoms with Crippen LogP contribution in [-0.2, 0) is 0 Å². The molecule has 0 aliphatic carbocycles. The molecule has 0 aliphatic heterocycles. The highest BCUT2D eigenvalue weighted by Crippen LogP contribution is 2.29. The van der Waals surface area contributed by atoms with Crippen LogP contribution in [0.4, 0.5) is 0 Å². The van der Waals surface area contributed by atoms with Crippen LogP contribution in [0.25, 0.3) is 0 Å². The third-order valence-electron chi connectivity index (χ3n) is 1.92. The molecular weight excluding hydrogens is 182 g/mol. The van der Waals surface area contributed by atoms with E-state index < -0.39 is 0 Å². The van der Waals surface area contributed by atoms with Crippen molar-refractivity contribution in [2.45, 2.75) is 12.8 Å². The van der Waals surface area contributed by atoms with Crippen molar-refractivity contribution >= 4 is 5.78 Å². The second-order valence-electron chi connectivity index (χ2n) is 2.99. The highest BCUT2D eigenvalue weighted by atomic mass is 16.3. The molecule has 14 heavy (non-hydrogen) atoms. The molecule has 0 amide bonds. The lowest BCUT2D eigenvalue weighted by molar-refractivity contribution is 0.0977. The molecule has 0 saturated carbocycles. The number of carbonyl (C=O) groups excluding carboxylic acids is 1. The smallest absolute Gasteiger partial charge is 0.168 e. The summed E-state index contributed by atoms with van der Waals surface area (Å²) >= 11 is 0. The zero-order valence-electron chi connectivity index (χ0n) is 7.73. The lowest BCUT2D eigenvalue weighted by atomic mass is 10.1. The summed E-state index contributed by atoms with van der Waals surface area (Å²) in [4.78, 5) is 11.4. The number of ketones is 1. The fourth-order valence-electron chi connectivity index (χ4n) is 1.15. The van der Waals surface area contributed by atoms with Gasteiger partial charge in [0, 0.05) is 6.42 Å². The first-order valence-corrected chi connectivity index (χ1v) is 4.41. The first-order chi connectivity index (χ1) is 6.66. The Hall–Kier alpha value is -1.55. The van der Waals surface area contributed by atoms with Gasteiger partial charge in [0.2, 0.25) is 0 Å². The molecule has 0 atom stereocenters. The monoisotopic (exact) mass is 195 g/mol. The first kappa shape index (κ1) is 10.5. The van der Waals surface area contributed by atoms with Crippen molar-refractivity contribution in [2.75, 3.05) is 6.54 Å². The Labute approximate surface area is 82.0 Å². The lowest BCUT2D eigenvalue weighted by Gasteiger charge is -2.04. The number of para-hydroxylation sites is 1. The van der Waals surface area contributed by atoms with E-state index in [1.807, 2.05) is 0 Å². The number of rotatable bonds is 4. The van der Waals surface area contributed by atoms with Crippen LogP contribution in [0.1, 0.15) is 23.2 Å². The van der Waals surface area contributed by atoms with Gasteiger partial charge in [0.05, 0.1) is 5.56 Å². The third-order valence-corrected chi connectivity index (χ3v) is 1.92. The molecule has 4 heteroatoms. The number of aromatic hydroxyl groups is 2. The number of phenols is 2. The first-order valence-electron chi connectivity index (χ1n) is 4.41. The standard InChI is InChI=1S/C10H13NO3/c11-6-2-5-8(12)7-3-1-4-9(13)10(7)14/h1,3-4,13-14H,2,5-6,11H2. The van der Waals surface area contributed by atoms with E-state index in [0.29, 0.717) is 13.0 Å². The van der Waals surface area contributed by atoms with Crippen molar-refractivity contribution in [3.63, 3.8) is 0 Å². The minimum absolute atomic E-state index is 0.151. The van der Waals surface area contributed by atoms with Crippen LogP contribution < -0.4 is 5.73 Å². The fraction of sp³-hybridized carbons (Fsp3) is 0.300. The second kappa shape index (κ2) is 4.62. The molecule has 1 rings (SSSR count). The number of phenolic OH excluding ortho intramolecular Hbond substituents is 2. The predicted molar refractivity (Wildman–Crippen MR) is 52.4 cm³/mol. The zero-order chi connectivity index (χ0) is 10.6. The fourth-order valence-corrected chi connectivity index (χ4v) is 1.15. The van der Waals surface area contributed by atoms with E-state index in [0.717, 1.165) is 0 Å². The Bertz CT molecular complexity index is 336. The molecule has 0 unspecified atom stereocenters. The summed E-state index contributed by atoms with van der Waals surface area (Å²) in [5.41, 5.74) is 5.41. The van der Waals surface area contributed by atoms with Gasteiger partial charge in [-0.2, -0.15) is 0 Å². The van der Waals surface area contributed by atoms with E-state index in [-0.39, 0.29) is 29.3 Å². The molecule has 0 fully saturated rings. The van der Waals surface area contributed by atoms with Gasteiger partial charge in [0.25, 0.3) is 0 Å². The van der Waals surface area contributed by atoms with E-state index in [2.05, 4.69) is 0 Å². The van der Waals surface area contributed by atoms with Gasteiger partial charge in [-0.1, -0.05) is 6.07 Å². The van der Waals surface area contributed by atoms with E-state index in [1.165, 1.54) is 18.2 Å². The molecule has 0 heterocycles. The highest BCUT2D eigenvalue weighted by Gasteiger charge is 2.12.